The van der Waals surface area contributed by atoms with Gasteiger partial charge in [0.15, 0.2) is 0 Å². The molecule has 1 heterocycles. The van der Waals surface area contributed by atoms with Crippen LogP contribution in [0.2, 0.25) is 5.02 Å². The second kappa shape index (κ2) is 6.81. The van der Waals surface area contributed by atoms with Gasteiger partial charge >= 0.3 is 0 Å². The van der Waals surface area contributed by atoms with Gasteiger partial charge in [-0.2, -0.15) is 0 Å². The van der Waals surface area contributed by atoms with Crippen molar-refractivity contribution in [2.75, 3.05) is 5.32 Å². The van der Waals surface area contributed by atoms with Gasteiger partial charge in [-0.05, 0) is 24.3 Å². The number of nitrogens with zero attached hydrogens (tertiary/aromatic N) is 3. The monoisotopic (exact) mass is 374 g/mol. The first-order valence-corrected chi connectivity index (χ1v) is 7.70. The molecule has 3 rings (SSSR count). The maximum Gasteiger partial charge on any atom is 0.289 e. The highest BCUT2D eigenvalue weighted by Gasteiger charge is 2.16. The zero-order valence-electron chi connectivity index (χ0n) is 13.1. The second-order valence-electron chi connectivity index (χ2n) is 5.38. The Morgan fingerprint density at radius 1 is 1.08 bits per heavy atom. The Morgan fingerprint density at radius 2 is 1.81 bits per heavy atom. The van der Waals surface area contributed by atoms with E-state index in [1.807, 2.05) is 0 Å². The third-order valence-corrected chi connectivity index (χ3v) is 4.05. The number of hydrogen-bond acceptors (Lipinski definition) is 5. The molecule has 10 heteroatoms. The van der Waals surface area contributed by atoms with Gasteiger partial charge in [-0.15, -0.1) is 0 Å². The average Bonchev–Trinajstić information content (AvgIpc) is 2.99. The first-order valence-electron chi connectivity index (χ1n) is 7.33. The van der Waals surface area contributed by atoms with Crippen LogP contribution in [-0.2, 0) is 11.3 Å². The molecule has 2 aromatic carbocycles. The number of amides is 1. The molecule has 26 heavy (non-hydrogen) atoms. The van der Waals surface area contributed by atoms with Gasteiger partial charge in [-0.1, -0.05) is 17.7 Å². The predicted molar refractivity (Wildman–Crippen MR) is 95.3 cm³/mol. The van der Waals surface area contributed by atoms with Crippen molar-refractivity contribution < 1.29 is 14.6 Å². The molecule has 0 aliphatic rings. The second-order valence-corrected chi connectivity index (χ2v) is 5.79. The highest BCUT2D eigenvalue weighted by atomic mass is 35.5. The zero-order chi connectivity index (χ0) is 18.8. The smallest absolute Gasteiger partial charge is 0.289 e. The van der Waals surface area contributed by atoms with E-state index in [1.165, 1.54) is 30.3 Å². The van der Waals surface area contributed by atoms with Gasteiger partial charge < -0.3 is 9.88 Å². The normalized spacial score (nSPS) is 10.7. The first-order chi connectivity index (χ1) is 12.4. The van der Waals surface area contributed by atoms with E-state index < -0.39 is 15.8 Å². The number of nitro benzene ring substituents is 2. The number of fused-ring (bicyclic) bond motifs is 1. The number of carbonyl (C=O) groups is 1. The Bertz CT molecular complexity index is 1050. The van der Waals surface area contributed by atoms with Gasteiger partial charge in [-0.25, -0.2) is 0 Å². The molecule has 1 aromatic heterocycles. The molecule has 0 saturated carbocycles. The Labute approximate surface area is 151 Å². The van der Waals surface area contributed by atoms with Gasteiger partial charge in [0.25, 0.3) is 11.4 Å². The lowest BCUT2D eigenvalue weighted by Crippen LogP contribution is -2.18. The van der Waals surface area contributed by atoms with Crippen molar-refractivity contribution in [2.24, 2.45) is 0 Å². The number of nitrogens with one attached hydrogen (secondary N) is 1. The minimum absolute atomic E-state index is 0.0308. The van der Waals surface area contributed by atoms with Crippen molar-refractivity contribution in [3.63, 3.8) is 0 Å². The number of halogens is 1. The molecule has 1 N–H and O–H groups in total. The van der Waals surface area contributed by atoms with Gasteiger partial charge in [-0.3, -0.25) is 25.0 Å². The molecule has 0 radical (unpaired) electrons. The molecular formula is C16H11ClN4O5. The molecule has 0 aliphatic carbocycles. The molecular weight excluding hydrogens is 364 g/mol. The van der Waals surface area contributed by atoms with Crippen LogP contribution in [0.3, 0.4) is 0 Å². The van der Waals surface area contributed by atoms with Crippen molar-refractivity contribution in [3.05, 3.63) is 73.9 Å². The summed E-state index contributed by atoms with van der Waals surface area (Å²) in [5, 5.41) is 24.9. The summed E-state index contributed by atoms with van der Waals surface area (Å²) in [5.74, 6) is -0.439. The number of anilines is 1. The van der Waals surface area contributed by atoms with Crippen molar-refractivity contribution in [1.82, 2.24) is 4.57 Å². The summed E-state index contributed by atoms with van der Waals surface area (Å²) in [7, 11) is 0. The van der Waals surface area contributed by atoms with Crippen LogP contribution < -0.4 is 5.32 Å². The molecule has 3 aromatic rings. The predicted octanol–water partition coefficient (Wildman–Crippen LogP) is 3.75. The minimum Gasteiger partial charge on any atom is -0.338 e. The molecule has 0 saturated heterocycles. The van der Waals surface area contributed by atoms with Crippen molar-refractivity contribution >= 4 is 45.5 Å². The van der Waals surface area contributed by atoms with E-state index in [-0.39, 0.29) is 28.6 Å². The maximum atomic E-state index is 12.2. The summed E-state index contributed by atoms with van der Waals surface area (Å²) in [6.45, 7) is -0.110. The van der Waals surface area contributed by atoms with Crippen LogP contribution in [0.5, 0.6) is 0 Å². The van der Waals surface area contributed by atoms with Crippen LogP contribution >= 0.6 is 11.6 Å². The molecule has 0 aliphatic heterocycles. The number of nitro groups is 2. The fourth-order valence-electron chi connectivity index (χ4n) is 2.59. The molecule has 9 nitrogen and oxygen atoms in total. The maximum absolute atomic E-state index is 12.2. The van der Waals surface area contributed by atoms with E-state index in [9.17, 15) is 25.0 Å². The lowest BCUT2D eigenvalue weighted by Gasteiger charge is -2.08. The largest absolute Gasteiger partial charge is 0.338 e. The molecule has 0 bridgehead atoms. The van der Waals surface area contributed by atoms with E-state index >= 15 is 0 Å². The Balaban J connectivity index is 1.82. The quantitative estimate of drug-likeness (QED) is 0.538. The molecule has 1 amide bonds. The number of carbonyl (C=O) groups excluding carboxylic acids is 1. The summed E-state index contributed by atoms with van der Waals surface area (Å²) in [5.41, 5.74) is 0.409. The van der Waals surface area contributed by atoms with E-state index in [4.69, 9.17) is 11.6 Å². The van der Waals surface area contributed by atoms with Gasteiger partial charge in [0, 0.05) is 24.0 Å². The number of rotatable bonds is 5. The SMILES string of the molecule is O=C(Cn1ccc2c([N+](=O)[O-])cccc21)Nc1ccc(Cl)c([N+](=O)[O-])c1. The van der Waals surface area contributed by atoms with Gasteiger partial charge in [0.1, 0.15) is 11.6 Å². The molecule has 0 spiro atoms. The number of non-ortho nitro benzene ring substituents is 1. The molecule has 0 fully saturated rings. The topological polar surface area (TPSA) is 120 Å². The highest BCUT2D eigenvalue weighted by Crippen LogP contribution is 2.28. The summed E-state index contributed by atoms with van der Waals surface area (Å²) >= 11 is 5.74. The molecule has 0 atom stereocenters. The standard InChI is InChI=1S/C16H11ClN4O5/c17-12-5-4-10(8-15(12)21(25)26)18-16(22)9-19-7-6-11-13(19)2-1-3-14(11)20(23)24/h1-8H,9H2,(H,18,22). The number of benzene rings is 2. The summed E-state index contributed by atoms with van der Waals surface area (Å²) < 4.78 is 1.56. The van der Waals surface area contributed by atoms with E-state index in [0.29, 0.717) is 10.9 Å². The molecule has 132 valence electrons. The Kier molecular flexibility index (Phi) is 4.55. The van der Waals surface area contributed by atoms with E-state index in [2.05, 4.69) is 5.32 Å². The van der Waals surface area contributed by atoms with Crippen LogP contribution in [-0.4, -0.2) is 20.3 Å². The Morgan fingerprint density at radius 3 is 2.50 bits per heavy atom. The first kappa shape index (κ1) is 17.4. The summed E-state index contributed by atoms with van der Waals surface area (Å²) in [6.07, 6.45) is 1.57. The third kappa shape index (κ3) is 3.33. The number of hydrogen-bond donors (Lipinski definition) is 1. The lowest BCUT2D eigenvalue weighted by molar-refractivity contribution is -0.384. The average molecular weight is 375 g/mol. The van der Waals surface area contributed by atoms with E-state index in [1.54, 1.807) is 22.9 Å². The summed E-state index contributed by atoms with van der Waals surface area (Å²) in [6, 6.07) is 10.1. The molecule has 0 unspecified atom stereocenters. The van der Waals surface area contributed by atoms with Gasteiger partial charge in [0.2, 0.25) is 5.91 Å². The summed E-state index contributed by atoms with van der Waals surface area (Å²) in [4.78, 5) is 33.1. The van der Waals surface area contributed by atoms with Crippen LogP contribution in [0.15, 0.2) is 48.7 Å². The van der Waals surface area contributed by atoms with Crippen molar-refractivity contribution in [3.8, 4) is 0 Å². The van der Waals surface area contributed by atoms with Crippen LogP contribution in [0.4, 0.5) is 17.1 Å². The van der Waals surface area contributed by atoms with Crippen LogP contribution in [0.25, 0.3) is 10.9 Å². The van der Waals surface area contributed by atoms with Crippen LogP contribution in [0.1, 0.15) is 0 Å². The highest BCUT2D eigenvalue weighted by molar-refractivity contribution is 6.32. The minimum atomic E-state index is -0.642. The lowest BCUT2D eigenvalue weighted by atomic mass is 10.2. The van der Waals surface area contributed by atoms with Crippen LogP contribution in [0, 0.1) is 20.2 Å². The Hall–Kier alpha value is -3.46. The van der Waals surface area contributed by atoms with Gasteiger partial charge in [0.05, 0.1) is 20.7 Å². The zero-order valence-corrected chi connectivity index (χ0v) is 13.8. The van der Waals surface area contributed by atoms with Crippen molar-refractivity contribution in [1.29, 1.82) is 0 Å². The van der Waals surface area contributed by atoms with E-state index in [0.717, 1.165) is 0 Å². The fraction of sp³-hybridized carbons (Fsp3) is 0.0625. The van der Waals surface area contributed by atoms with Crippen molar-refractivity contribution in [2.45, 2.75) is 6.54 Å². The number of aromatic nitrogens is 1. The fourth-order valence-corrected chi connectivity index (χ4v) is 2.78. The third-order valence-electron chi connectivity index (χ3n) is 3.73.